The number of hydrogen-bond donors (Lipinski definition) is 0. The van der Waals surface area contributed by atoms with Gasteiger partial charge in [-0.25, -0.2) is 0 Å². The minimum absolute atomic E-state index is 0. The number of alkyl halides is 2. The van der Waals surface area contributed by atoms with Crippen LogP contribution in [0.5, 0.6) is 0 Å². The lowest BCUT2D eigenvalue weighted by atomic mass is 10.1. The first-order valence-electron chi connectivity index (χ1n) is 4.71. The van der Waals surface area contributed by atoms with Gasteiger partial charge in [0.2, 0.25) is 0 Å². The minimum atomic E-state index is -3.57. The monoisotopic (exact) mass is 245 g/mol. The van der Waals surface area contributed by atoms with E-state index >= 15 is 0 Å². The van der Waals surface area contributed by atoms with E-state index in [1.807, 2.05) is 0 Å². The molecule has 92 valence electrons. The van der Waals surface area contributed by atoms with Crippen molar-refractivity contribution < 1.29 is 24.3 Å². The molecule has 1 unspecified atom stereocenters. The Labute approximate surface area is 90.0 Å². The molecule has 0 saturated heterocycles. The molecule has 0 bridgehead atoms. The molecule has 0 aliphatic rings. The largest absolute Gasteiger partial charge is 0.459 e. The van der Waals surface area contributed by atoms with Gasteiger partial charge >= 0.3 is 11.6 Å². The van der Waals surface area contributed by atoms with Crippen molar-refractivity contribution in [3.05, 3.63) is 0 Å². The van der Waals surface area contributed by atoms with Crippen LogP contribution in [0.25, 0.3) is 0 Å². The highest BCUT2D eigenvalue weighted by Gasteiger charge is 2.44. The van der Waals surface area contributed by atoms with Crippen LogP contribution < -0.4 is 0 Å². The average molecular weight is 245 g/mol. The summed E-state index contributed by atoms with van der Waals surface area (Å²) in [6.45, 7) is 4.21. The van der Waals surface area contributed by atoms with E-state index < -0.39 is 31.3 Å². The van der Waals surface area contributed by atoms with E-state index in [2.05, 4.69) is 4.74 Å². The molecule has 0 spiro atoms. The molecular weight excluding hydrogens is 225 g/mol. The molecule has 0 heterocycles. The second-order valence-corrected chi connectivity index (χ2v) is 7.29. The summed E-state index contributed by atoms with van der Waals surface area (Å²) in [6.07, 6.45) is 0.528. The third kappa shape index (κ3) is 4.29. The quantitative estimate of drug-likeness (QED) is 0.552. The predicted octanol–water partition coefficient (Wildman–Crippen LogP) is 3.04. The Morgan fingerprint density at radius 3 is 2.33 bits per heavy atom. The molecular formula is C9H19F2O3P. The number of carbonyl (C=O) groups is 1. The van der Waals surface area contributed by atoms with Gasteiger partial charge in [0.1, 0.15) is 0 Å². The van der Waals surface area contributed by atoms with Gasteiger partial charge in [0.25, 0.3) is 0 Å². The van der Waals surface area contributed by atoms with E-state index in [0.29, 0.717) is 6.42 Å². The highest BCUT2D eigenvalue weighted by molar-refractivity contribution is 7.63. The standard InChI is InChI=1S/C9H17F2O3P.H2/c1-5-7(2)8(12)14-6-9(10,11)15(3,4)13;/h7H,5-6H2,1-4H3;1H/i;1+1. The van der Waals surface area contributed by atoms with Gasteiger partial charge in [-0.1, -0.05) is 13.8 Å². The first kappa shape index (κ1) is 14.6. The molecule has 0 fully saturated rings. The third-order valence-corrected chi connectivity index (χ3v) is 3.90. The Bertz CT molecular complexity index is 278. The normalized spacial score (nSPS) is 14.8. The van der Waals surface area contributed by atoms with Crippen molar-refractivity contribution in [3.63, 3.8) is 0 Å². The van der Waals surface area contributed by atoms with Crippen molar-refractivity contribution in [3.8, 4) is 0 Å². The van der Waals surface area contributed by atoms with Crippen LogP contribution in [0.15, 0.2) is 0 Å². The zero-order valence-electron chi connectivity index (χ0n) is 9.42. The Balaban J connectivity index is 0. The summed E-state index contributed by atoms with van der Waals surface area (Å²) in [5, 5.41) is 0. The molecule has 0 saturated carbocycles. The van der Waals surface area contributed by atoms with Crippen LogP contribution in [0, 0.1) is 5.92 Å². The van der Waals surface area contributed by atoms with E-state index in [0.717, 1.165) is 13.3 Å². The van der Waals surface area contributed by atoms with Crippen LogP contribution in [0.2, 0.25) is 0 Å². The summed E-state index contributed by atoms with van der Waals surface area (Å²) in [5.74, 6) is -1.08. The average Bonchev–Trinajstić information content (AvgIpc) is 2.11. The van der Waals surface area contributed by atoms with E-state index in [4.69, 9.17) is 0 Å². The van der Waals surface area contributed by atoms with Crippen LogP contribution in [0.3, 0.4) is 0 Å². The van der Waals surface area contributed by atoms with Crippen molar-refractivity contribution in [1.82, 2.24) is 0 Å². The first-order valence-corrected chi connectivity index (χ1v) is 7.31. The summed E-state index contributed by atoms with van der Waals surface area (Å²) < 4.78 is 41.8. The van der Waals surface area contributed by atoms with E-state index in [-0.39, 0.29) is 1.43 Å². The van der Waals surface area contributed by atoms with E-state index in [1.54, 1.807) is 13.8 Å². The first-order chi connectivity index (χ1) is 6.62. The summed E-state index contributed by atoms with van der Waals surface area (Å²) >= 11 is 0. The van der Waals surface area contributed by atoms with Crippen molar-refractivity contribution in [1.29, 1.82) is 0 Å². The fourth-order valence-corrected chi connectivity index (χ4v) is 0.998. The van der Waals surface area contributed by atoms with Crippen molar-refractivity contribution in [2.45, 2.75) is 25.9 Å². The molecule has 0 N–H and O–H groups in total. The third-order valence-electron chi connectivity index (χ3n) is 2.19. The number of rotatable bonds is 5. The van der Waals surface area contributed by atoms with Gasteiger partial charge in [0.05, 0.1) is 5.92 Å². The number of ether oxygens (including phenoxy) is 1. The molecule has 0 radical (unpaired) electrons. The van der Waals surface area contributed by atoms with E-state index in [9.17, 15) is 18.1 Å². The van der Waals surface area contributed by atoms with Gasteiger partial charge in [-0.3, -0.25) is 4.79 Å². The Hall–Kier alpha value is -0.440. The van der Waals surface area contributed by atoms with Gasteiger partial charge < -0.3 is 9.30 Å². The van der Waals surface area contributed by atoms with Crippen molar-refractivity contribution in [2.24, 2.45) is 5.92 Å². The lowest BCUT2D eigenvalue weighted by molar-refractivity contribution is -0.153. The minimum Gasteiger partial charge on any atom is -0.459 e. The van der Waals surface area contributed by atoms with Crippen LogP contribution >= 0.6 is 7.14 Å². The number of halogens is 2. The van der Waals surface area contributed by atoms with Gasteiger partial charge in [-0.2, -0.15) is 8.78 Å². The maximum absolute atomic E-state index is 13.1. The van der Waals surface area contributed by atoms with Crippen LogP contribution in [0.4, 0.5) is 8.78 Å². The zero-order chi connectivity index (χ0) is 12.3. The topological polar surface area (TPSA) is 43.4 Å². The zero-order valence-corrected chi connectivity index (χ0v) is 10.3. The van der Waals surface area contributed by atoms with Gasteiger partial charge in [-0.05, 0) is 19.8 Å². The highest BCUT2D eigenvalue weighted by atomic mass is 31.2. The van der Waals surface area contributed by atoms with Crippen LogP contribution in [-0.2, 0) is 14.1 Å². The second-order valence-electron chi connectivity index (χ2n) is 3.93. The molecule has 0 aromatic carbocycles. The Morgan fingerprint density at radius 1 is 1.53 bits per heavy atom. The molecule has 0 aliphatic heterocycles. The molecule has 0 aromatic rings. The summed E-state index contributed by atoms with van der Waals surface area (Å²) in [4.78, 5) is 11.1. The summed E-state index contributed by atoms with van der Waals surface area (Å²) in [5.41, 5.74) is -3.43. The lowest BCUT2D eigenvalue weighted by Crippen LogP contribution is -2.27. The van der Waals surface area contributed by atoms with Gasteiger partial charge in [-0.15, -0.1) is 0 Å². The molecule has 3 nitrogen and oxygen atoms in total. The number of esters is 1. The van der Waals surface area contributed by atoms with E-state index in [1.165, 1.54) is 0 Å². The highest BCUT2D eigenvalue weighted by Crippen LogP contribution is 2.53. The van der Waals surface area contributed by atoms with Gasteiger partial charge in [0.15, 0.2) is 13.7 Å². The van der Waals surface area contributed by atoms with Crippen molar-refractivity contribution in [2.75, 3.05) is 19.9 Å². The fraction of sp³-hybridized carbons (Fsp3) is 0.889. The molecule has 0 amide bonds. The second kappa shape index (κ2) is 5.06. The Kier molecular flexibility index (Phi) is 4.91. The molecule has 0 aliphatic carbocycles. The van der Waals surface area contributed by atoms with Gasteiger partial charge in [0, 0.05) is 1.43 Å². The summed E-state index contributed by atoms with van der Waals surface area (Å²) in [7, 11) is -3.57. The SMILES string of the molecule is CCC(C)C(=O)OCC(F)(F)P(C)(C)=O.[2HH]. The Morgan fingerprint density at radius 2 is 2.00 bits per heavy atom. The molecule has 15 heavy (non-hydrogen) atoms. The number of hydrogen-bond acceptors (Lipinski definition) is 3. The maximum atomic E-state index is 13.1. The predicted molar refractivity (Wildman–Crippen MR) is 56.9 cm³/mol. The molecule has 0 aromatic heterocycles. The number of carbonyl (C=O) groups excluding carboxylic acids is 1. The maximum Gasteiger partial charge on any atom is 0.330 e. The molecule has 0 rings (SSSR count). The van der Waals surface area contributed by atoms with Crippen LogP contribution in [-0.4, -0.2) is 31.6 Å². The smallest absolute Gasteiger partial charge is 0.330 e. The molecule has 6 heteroatoms. The fourth-order valence-electron chi connectivity index (χ4n) is 0.622. The molecule has 1 atom stereocenters. The summed E-state index contributed by atoms with van der Waals surface area (Å²) in [6, 6.07) is 0. The van der Waals surface area contributed by atoms with Crippen molar-refractivity contribution >= 4 is 13.1 Å². The van der Waals surface area contributed by atoms with Crippen LogP contribution in [0.1, 0.15) is 21.7 Å². The lowest BCUT2D eigenvalue weighted by Gasteiger charge is -2.21.